The van der Waals surface area contributed by atoms with E-state index in [9.17, 15) is 19.2 Å². The minimum atomic E-state index is -1.12. The molecule has 0 aliphatic carbocycles. The first kappa shape index (κ1) is 26.4. The van der Waals surface area contributed by atoms with Crippen molar-refractivity contribution in [3.63, 3.8) is 0 Å². The van der Waals surface area contributed by atoms with Crippen molar-refractivity contribution in [2.24, 2.45) is 11.7 Å². The number of carbonyl (C=O) groups is 4. The molecule has 0 heterocycles. The number of carbonyl (C=O) groups excluding carboxylic acids is 4. The van der Waals surface area contributed by atoms with Crippen LogP contribution >= 0.6 is 0 Å². The highest BCUT2D eigenvalue weighted by molar-refractivity contribution is 5.91. The zero-order valence-corrected chi connectivity index (χ0v) is 19.4. The summed E-state index contributed by atoms with van der Waals surface area (Å²) in [4.78, 5) is 49.4. The van der Waals surface area contributed by atoms with E-state index in [1.807, 2.05) is 60.7 Å². The summed E-state index contributed by atoms with van der Waals surface area (Å²) in [6, 6.07) is 16.0. The van der Waals surface area contributed by atoms with Gasteiger partial charge in [0.2, 0.25) is 11.8 Å². The number of amides is 3. The molecule has 3 atom stereocenters. The normalized spacial score (nSPS) is 13.1. The monoisotopic (exact) mass is 469 g/mol. The van der Waals surface area contributed by atoms with Gasteiger partial charge in [-0.3, -0.25) is 14.4 Å². The van der Waals surface area contributed by atoms with Gasteiger partial charge in [-0.05, 0) is 24.5 Å². The summed E-state index contributed by atoms with van der Waals surface area (Å²) in [5.74, 6) is -2.57. The molecule has 0 spiro atoms. The number of hydrogen-bond donors (Lipinski definition) is 3. The Balaban J connectivity index is 2.08. The Morgan fingerprint density at radius 3 is 2.00 bits per heavy atom. The van der Waals surface area contributed by atoms with Crippen molar-refractivity contribution in [2.45, 2.75) is 45.4 Å². The van der Waals surface area contributed by atoms with Gasteiger partial charge in [0.1, 0.15) is 18.7 Å². The van der Waals surface area contributed by atoms with Crippen LogP contribution in [0.15, 0.2) is 60.7 Å². The fourth-order valence-corrected chi connectivity index (χ4v) is 3.22. The van der Waals surface area contributed by atoms with E-state index in [2.05, 4.69) is 10.6 Å². The van der Waals surface area contributed by atoms with Crippen molar-refractivity contribution in [3.8, 4) is 0 Å². The summed E-state index contributed by atoms with van der Waals surface area (Å²) in [6.45, 7) is 3.49. The molecule has 0 aromatic heterocycles. The molecule has 182 valence electrons. The van der Waals surface area contributed by atoms with Crippen molar-refractivity contribution in [1.29, 1.82) is 0 Å². The maximum atomic E-state index is 13.0. The SMILES string of the molecule is CCOC(=O)[C@@H](C)C[C@H](NC(=O)[C@@H](Cc1ccccc1)NC(=O)OCc1ccccc1)C(N)=O. The zero-order valence-electron chi connectivity index (χ0n) is 19.4. The van der Waals surface area contributed by atoms with E-state index in [1.165, 1.54) is 0 Å². The van der Waals surface area contributed by atoms with Gasteiger partial charge in [-0.2, -0.15) is 0 Å². The van der Waals surface area contributed by atoms with E-state index in [-0.39, 0.29) is 26.1 Å². The first-order valence-electron chi connectivity index (χ1n) is 11.1. The Hall–Kier alpha value is -3.88. The molecule has 0 saturated carbocycles. The summed E-state index contributed by atoms with van der Waals surface area (Å²) in [5, 5.41) is 5.11. The number of benzene rings is 2. The topological polar surface area (TPSA) is 137 Å². The Morgan fingerprint density at radius 2 is 1.44 bits per heavy atom. The number of nitrogens with one attached hydrogen (secondary N) is 2. The van der Waals surface area contributed by atoms with E-state index in [1.54, 1.807) is 13.8 Å². The van der Waals surface area contributed by atoms with Crippen LogP contribution in [0, 0.1) is 5.92 Å². The Bertz CT molecular complexity index is 952. The lowest BCUT2D eigenvalue weighted by molar-refractivity contribution is -0.148. The lowest BCUT2D eigenvalue weighted by Crippen LogP contribution is -2.54. The predicted octanol–water partition coefficient (Wildman–Crippen LogP) is 2.08. The van der Waals surface area contributed by atoms with Gasteiger partial charge in [-0.15, -0.1) is 0 Å². The highest BCUT2D eigenvalue weighted by Crippen LogP contribution is 2.10. The van der Waals surface area contributed by atoms with E-state index in [0.29, 0.717) is 0 Å². The molecule has 9 nitrogen and oxygen atoms in total. The van der Waals surface area contributed by atoms with E-state index in [0.717, 1.165) is 11.1 Å². The third-order valence-corrected chi connectivity index (χ3v) is 5.04. The smallest absolute Gasteiger partial charge is 0.408 e. The highest BCUT2D eigenvalue weighted by atomic mass is 16.5. The number of esters is 1. The van der Waals surface area contributed by atoms with Gasteiger partial charge >= 0.3 is 12.1 Å². The van der Waals surface area contributed by atoms with Crippen molar-refractivity contribution in [1.82, 2.24) is 10.6 Å². The van der Waals surface area contributed by atoms with Crippen molar-refractivity contribution < 1.29 is 28.7 Å². The predicted molar refractivity (Wildman–Crippen MR) is 125 cm³/mol. The van der Waals surface area contributed by atoms with Gasteiger partial charge in [0.25, 0.3) is 0 Å². The molecule has 0 bridgehead atoms. The van der Waals surface area contributed by atoms with Crippen LogP contribution in [0.25, 0.3) is 0 Å². The second-order valence-electron chi connectivity index (χ2n) is 7.80. The fraction of sp³-hybridized carbons (Fsp3) is 0.360. The fourth-order valence-electron chi connectivity index (χ4n) is 3.22. The van der Waals surface area contributed by atoms with Crippen molar-refractivity contribution >= 4 is 23.9 Å². The molecule has 0 aliphatic rings. The Kier molecular flexibility index (Phi) is 10.6. The van der Waals surface area contributed by atoms with Crippen LogP contribution in [0.2, 0.25) is 0 Å². The highest BCUT2D eigenvalue weighted by Gasteiger charge is 2.29. The number of hydrogen-bond acceptors (Lipinski definition) is 6. The third kappa shape index (κ3) is 8.93. The maximum absolute atomic E-state index is 13.0. The third-order valence-electron chi connectivity index (χ3n) is 5.04. The molecule has 0 saturated heterocycles. The van der Waals surface area contributed by atoms with E-state index in [4.69, 9.17) is 15.2 Å². The van der Waals surface area contributed by atoms with Crippen LogP contribution in [0.3, 0.4) is 0 Å². The van der Waals surface area contributed by atoms with Crippen LogP contribution in [-0.4, -0.2) is 42.6 Å². The van der Waals surface area contributed by atoms with E-state index >= 15 is 0 Å². The van der Waals surface area contributed by atoms with Crippen molar-refractivity contribution in [2.75, 3.05) is 6.61 Å². The number of ether oxygens (including phenoxy) is 2. The second kappa shape index (κ2) is 13.6. The Morgan fingerprint density at radius 1 is 0.853 bits per heavy atom. The second-order valence-corrected chi connectivity index (χ2v) is 7.80. The summed E-state index contributed by atoms with van der Waals surface area (Å²) >= 11 is 0. The van der Waals surface area contributed by atoms with Crippen LogP contribution in [0.5, 0.6) is 0 Å². The molecule has 2 rings (SSSR count). The molecule has 0 aliphatic heterocycles. The minimum absolute atomic E-state index is 0.0313. The van der Waals surface area contributed by atoms with Gasteiger partial charge in [0.15, 0.2) is 0 Å². The van der Waals surface area contributed by atoms with Crippen molar-refractivity contribution in [3.05, 3.63) is 71.8 Å². The minimum Gasteiger partial charge on any atom is -0.466 e. The molecule has 0 fully saturated rings. The lowest BCUT2D eigenvalue weighted by Gasteiger charge is -2.23. The molecule has 9 heteroatoms. The van der Waals surface area contributed by atoms with Crippen LogP contribution in [0.4, 0.5) is 4.79 Å². The summed E-state index contributed by atoms with van der Waals surface area (Å²) in [7, 11) is 0. The summed E-state index contributed by atoms with van der Waals surface area (Å²) in [5.41, 5.74) is 7.04. The number of rotatable bonds is 12. The summed E-state index contributed by atoms with van der Waals surface area (Å²) < 4.78 is 10.2. The quantitative estimate of drug-likeness (QED) is 0.407. The van der Waals surface area contributed by atoms with E-state index < -0.39 is 41.9 Å². The van der Waals surface area contributed by atoms with Crippen LogP contribution in [-0.2, 0) is 36.9 Å². The average Bonchev–Trinajstić information content (AvgIpc) is 2.83. The lowest BCUT2D eigenvalue weighted by atomic mass is 10.00. The molecule has 2 aromatic carbocycles. The molecule has 3 amide bonds. The standard InChI is InChI=1S/C25H31N3O6/c1-3-33-24(31)17(2)14-20(22(26)29)27-23(30)21(15-18-10-6-4-7-11-18)28-25(32)34-16-19-12-8-5-9-13-19/h4-13,17,20-21H,3,14-16H2,1-2H3,(H2,26,29)(H,27,30)(H,28,32)/t17-,20-,21+/m0/s1. The van der Waals surface area contributed by atoms with Gasteiger partial charge in [-0.1, -0.05) is 67.6 Å². The number of nitrogens with two attached hydrogens (primary N) is 1. The van der Waals surface area contributed by atoms with Crippen LogP contribution in [0.1, 0.15) is 31.4 Å². The molecule has 4 N–H and O–H groups in total. The molecule has 2 aromatic rings. The molecule has 0 unspecified atom stereocenters. The molecular weight excluding hydrogens is 438 g/mol. The van der Waals surface area contributed by atoms with Gasteiger partial charge < -0.3 is 25.8 Å². The molecule has 34 heavy (non-hydrogen) atoms. The molecular formula is C25H31N3O6. The van der Waals surface area contributed by atoms with Gasteiger partial charge in [-0.25, -0.2) is 4.79 Å². The number of alkyl carbamates (subject to hydrolysis) is 1. The summed E-state index contributed by atoms with van der Waals surface area (Å²) in [6.07, 6.45) is -0.655. The number of primary amides is 1. The van der Waals surface area contributed by atoms with Crippen LogP contribution < -0.4 is 16.4 Å². The maximum Gasteiger partial charge on any atom is 0.408 e. The molecule has 0 radical (unpaired) electrons. The average molecular weight is 470 g/mol. The zero-order chi connectivity index (χ0) is 24.9. The first-order chi connectivity index (χ1) is 16.3. The largest absolute Gasteiger partial charge is 0.466 e. The Labute approximate surface area is 199 Å². The van der Waals surface area contributed by atoms with Gasteiger partial charge in [0, 0.05) is 6.42 Å². The van der Waals surface area contributed by atoms with Gasteiger partial charge in [0.05, 0.1) is 12.5 Å². The first-order valence-corrected chi connectivity index (χ1v) is 11.1.